The summed E-state index contributed by atoms with van der Waals surface area (Å²) in [5.74, 6) is -0.890. The molecule has 6 nitrogen and oxygen atoms in total. The van der Waals surface area contributed by atoms with Crippen LogP contribution >= 0.6 is 0 Å². The molecule has 402 valence electrons. The Kier molecular flexibility index (Phi) is 55.7. The average Bonchev–Trinajstić information content (AvgIpc) is 3.35. The number of hydrogen-bond acceptors (Lipinski definition) is 6. The van der Waals surface area contributed by atoms with Gasteiger partial charge >= 0.3 is 17.9 Å². The highest BCUT2D eigenvalue weighted by molar-refractivity contribution is 5.71. The minimum Gasteiger partial charge on any atom is -0.462 e. The SMILES string of the molecule is CC/C=C\C/C=C\C/C=C\C/C=C\CCCCCCC(=O)OC(COC(=O)CCCCCCCCCCC)COC(=O)CCCCCCCCCCCCCCCCCCCCCCCCCCC. The van der Waals surface area contributed by atoms with Gasteiger partial charge in [0.15, 0.2) is 6.10 Å². The summed E-state index contributed by atoms with van der Waals surface area (Å²) in [6.07, 6.45) is 71.3. The quantitative estimate of drug-likeness (QED) is 0.0262. The maximum atomic E-state index is 12.8. The Morgan fingerprint density at radius 1 is 0.304 bits per heavy atom. The van der Waals surface area contributed by atoms with Crippen molar-refractivity contribution in [3.05, 3.63) is 48.6 Å². The Balaban J connectivity index is 4.19. The van der Waals surface area contributed by atoms with Gasteiger partial charge in [0.1, 0.15) is 13.2 Å². The molecule has 0 spiro atoms. The summed E-state index contributed by atoms with van der Waals surface area (Å²) in [7, 11) is 0. The van der Waals surface area contributed by atoms with Crippen LogP contribution in [-0.4, -0.2) is 37.2 Å². The summed E-state index contributed by atoms with van der Waals surface area (Å²) < 4.78 is 16.8. The molecule has 0 rings (SSSR count). The fourth-order valence-electron chi connectivity index (χ4n) is 8.85. The van der Waals surface area contributed by atoms with E-state index < -0.39 is 6.10 Å². The summed E-state index contributed by atoms with van der Waals surface area (Å²) in [4.78, 5) is 38.1. The molecule has 1 unspecified atom stereocenters. The van der Waals surface area contributed by atoms with Crippen molar-refractivity contribution in [3.63, 3.8) is 0 Å². The van der Waals surface area contributed by atoms with Gasteiger partial charge in [-0.3, -0.25) is 14.4 Å². The predicted molar refractivity (Wildman–Crippen MR) is 298 cm³/mol. The maximum Gasteiger partial charge on any atom is 0.306 e. The highest BCUT2D eigenvalue weighted by Gasteiger charge is 2.19. The summed E-state index contributed by atoms with van der Waals surface area (Å²) in [6, 6.07) is 0. The van der Waals surface area contributed by atoms with Gasteiger partial charge in [0.2, 0.25) is 0 Å². The number of carbonyl (C=O) groups is 3. The number of ether oxygens (including phenoxy) is 3. The fraction of sp³-hybridized carbons (Fsp3) is 0.825. The number of unbranched alkanes of at least 4 members (excludes halogenated alkanes) is 36. The van der Waals surface area contributed by atoms with Crippen molar-refractivity contribution in [1.29, 1.82) is 0 Å². The molecule has 0 aliphatic carbocycles. The van der Waals surface area contributed by atoms with Crippen LogP contribution in [0.15, 0.2) is 48.6 Å². The second-order valence-electron chi connectivity index (χ2n) is 20.2. The molecule has 0 amide bonds. The molecule has 0 aromatic rings. The Morgan fingerprint density at radius 2 is 0.565 bits per heavy atom. The standard InChI is InChI=1S/C63H114O6/c1-4-7-10-13-16-19-21-23-25-27-28-29-30-31-32-33-34-36-37-39-41-44-47-50-53-56-62(65)68-59-60(58-67-61(64)55-52-49-46-43-18-15-12-9-6-3)69-63(66)57-54-51-48-45-42-40-38-35-26-24-22-20-17-14-11-8-5-2/h8,11,17,20,24,26,38,40,60H,4-7,9-10,12-16,18-19,21-23,25,27-37,39,41-59H2,1-3H3/b11-8-,20-17-,26-24-,40-38-. The van der Waals surface area contributed by atoms with Gasteiger partial charge in [-0.2, -0.15) is 0 Å². The van der Waals surface area contributed by atoms with Crippen LogP contribution < -0.4 is 0 Å². The van der Waals surface area contributed by atoms with Gasteiger partial charge in [-0.25, -0.2) is 0 Å². The van der Waals surface area contributed by atoms with E-state index in [0.717, 1.165) is 96.3 Å². The summed E-state index contributed by atoms with van der Waals surface area (Å²) in [5, 5.41) is 0. The number of carbonyl (C=O) groups excluding carboxylic acids is 3. The normalized spacial score (nSPS) is 12.3. The third-order valence-corrected chi connectivity index (χ3v) is 13.3. The molecular weight excluding hydrogens is 853 g/mol. The Bertz CT molecular complexity index is 1200. The van der Waals surface area contributed by atoms with Crippen LogP contribution in [0.5, 0.6) is 0 Å². The smallest absolute Gasteiger partial charge is 0.306 e. The van der Waals surface area contributed by atoms with E-state index in [1.807, 2.05) is 0 Å². The molecule has 0 heterocycles. The number of allylic oxidation sites excluding steroid dienone is 8. The molecule has 0 saturated heterocycles. The molecule has 0 radical (unpaired) electrons. The molecule has 0 aromatic heterocycles. The largest absolute Gasteiger partial charge is 0.462 e. The minimum atomic E-state index is -0.782. The van der Waals surface area contributed by atoms with Gasteiger partial charge in [-0.15, -0.1) is 0 Å². The van der Waals surface area contributed by atoms with Crippen LogP contribution in [0, 0.1) is 0 Å². The van der Waals surface area contributed by atoms with E-state index >= 15 is 0 Å². The highest BCUT2D eigenvalue weighted by atomic mass is 16.6. The molecule has 0 bridgehead atoms. The first-order valence-corrected chi connectivity index (χ1v) is 30.1. The molecule has 69 heavy (non-hydrogen) atoms. The van der Waals surface area contributed by atoms with Gasteiger partial charge in [0, 0.05) is 19.3 Å². The van der Waals surface area contributed by atoms with Crippen molar-refractivity contribution >= 4 is 17.9 Å². The van der Waals surface area contributed by atoms with Crippen molar-refractivity contribution < 1.29 is 28.6 Å². The van der Waals surface area contributed by atoms with Gasteiger partial charge in [-0.1, -0.05) is 288 Å². The van der Waals surface area contributed by atoms with Crippen molar-refractivity contribution in [1.82, 2.24) is 0 Å². The van der Waals surface area contributed by atoms with Crippen molar-refractivity contribution in [3.8, 4) is 0 Å². The molecule has 0 N–H and O–H groups in total. The minimum absolute atomic E-state index is 0.0792. The van der Waals surface area contributed by atoms with E-state index in [0.29, 0.717) is 19.3 Å². The van der Waals surface area contributed by atoms with E-state index in [4.69, 9.17) is 14.2 Å². The molecule has 0 aliphatic rings. The number of hydrogen-bond donors (Lipinski definition) is 0. The molecule has 6 heteroatoms. The van der Waals surface area contributed by atoms with E-state index in [1.54, 1.807) is 0 Å². The van der Waals surface area contributed by atoms with Crippen LogP contribution in [0.2, 0.25) is 0 Å². The summed E-state index contributed by atoms with van der Waals surface area (Å²) in [5.41, 5.74) is 0. The van der Waals surface area contributed by atoms with Gasteiger partial charge in [0.05, 0.1) is 0 Å². The summed E-state index contributed by atoms with van der Waals surface area (Å²) in [6.45, 7) is 6.53. The number of esters is 3. The lowest BCUT2D eigenvalue weighted by atomic mass is 10.0. The first-order chi connectivity index (χ1) is 34.0. The third kappa shape index (κ3) is 56.2. The van der Waals surface area contributed by atoms with Crippen molar-refractivity contribution in [2.24, 2.45) is 0 Å². The van der Waals surface area contributed by atoms with Crippen LogP contribution in [0.3, 0.4) is 0 Å². The number of rotatable bonds is 55. The Labute approximate surface area is 428 Å². The van der Waals surface area contributed by atoms with Crippen LogP contribution in [-0.2, 0) is 28.6 Å². The first-order valence-electron chi connectivity index (χ1n) is 30.1. The van der Waals surface area contributed by atoms with Crippen molar-refractivity contribution in [2.75, 3.05) is 13.2 Å². The van der Waals surface area contributed by atoms with Crippen LogP contribution in [0.25, 0.3) is 0 Å². The zero-order valence-electron chi connectivity index (χ0n) is 46.1. The average molecular weight is 968 g/mol. The van der Waals surface area contributed by atoms with E-state index in [2.05, 4.69) is 69.4 Å². The molecule has 0 aromatic carbocycles. The topological polar surface area (TPSA) is 78.9 Å². The lowest BCUT2D eigenvalue weighted by molar-refractivity contribution is -0.167. The van der Waals surface area contributed by atoms with Crippen molar-refractivity contribution in [2.45, 2.75) is 322 Å². The highest BCUT2D eigenvalue weighted by Crippen LogP contribution is 2.17. The zero-order valence-corrected chi connectivity index (χ0v) is 46.1. The van der Waals surface area contributed by atoms with Gasteiger partial charge in [-0.05, 0) is 57.8 Å². The molecular formula is C63H114O6. The molecule has 0 fully saturated rings. The van der Waals surface area contributed by atoms with Gasteiger partial charge < -0.3 is 14.2 Å². The lowest BCUT2D eigenvalue weighted by Gasteiger charge is -2.18. The van der Waals surface area contributed by atoms with E-state index in [1.165, 1.54) is 180 Å². The van der Waals surface area contributed by atoms with Crippen LogP contribution in [0.4, 0.5) is 0 Å². The predicted octanol–water partition coefficient (Wildman–Crippen LogP) is 20.2. The second-order valence-corrected chi connectivity index (χ2v) is 20.2. The summed E-state index contributed by atoms with van der Waals surface area (Å²) >= 11 is 0. The fourth-order valence-corrected chi connectivity index (χ4v) is 8.85. The molecule has 1 atom stereocenters. The Hall–Kier alpha value is -2.63. The second kappa shape index (κ2) is 57.9. The monoisotopic (exact) mass is 967 g/mol. The van der Waals surface area contributed by atoms with E-state index in [9.17, 15) is 14.4 Å². The third-order valence-electron chi connectivity index (χ3n) is 13.3. The zero-order chi connectivity index (χ0) is 50.0. The van der Waals surface area contributed by atoms with Crippen LogP contribution in [0.1, 0.15) is 316 Å². The maximum absolute atomic E-state index is 12.8. The van der Waals surface area contributed by atoms with Gasteiger partial charge in [0.25, 0.3) is 0 Å². The first kappa shape index (κ1) is 66.4. The lowest BCUT2D eigenvalue weighted by Crippen LogP contribution is -2.30. The molecule has 0 aliphatic heterocycles. The molecule has 0 saturated carbocycles. The Morgan fingerprint density at radius 3 is 0.884 bits per heavy atom. The van der Waals surface area contributed by atoms with E-state index in [-0.39, 0.29) is 31.1 Å².